The molecule has 1 aromatic heterocycles. The van der Waals surface area contributed by atoms with Gasteiger partial charge in [-0.25, -0.2) is 0 Å². The number of aliphatic imine (C=N–C) groups is 1. The van der Waals surface area contributed by atoms with Crippen LogP contribution < -0.4 is 10.6 Å². The molecule has 23 heavy (non-hydrogen) atoms. The minimum absolute atomic E-state index is 0. The number of thiophene rings is 1. The second-order valence-electron chi connectivity index (χ2n) is 5.61. The van der Waals surface area contributed by atoms with E-state index >= 15 is 0 Å². The fourth-order valence-corrected chi connectivity index (χ4v) is 3.51. The quantitative estimate of drug-likeness (QED) is 0.412. The van der Waals surface area contributed by atoms with E-state index in [2.05, 4.69) is 38.0 Å². The van der Waals surface area contributed by atoms with Gasteiger partial charge in [-0.1, -0.05) is 6.07 Å². The summed E-state index contributed by atoms with van der Waals surface area (Å²) in [7, 11) is 3.54. The number of carbonyl (C=O) groups excluding carboxylic acids is 1. The number of rotatable bonds is 5. The van der Waals surface area contributed by atoms with Gasteiger partial charge < -0.3 is 15.5 Å². The van der Waals surface area contributed by atoms with Crippen LogP contribution in [0, 0.1) is 5.92 Å². The summed E-state index contributed by atoms with van der Waals surface area (Å²) in [5.74, 6) is 1.63. The molecule has 0 spiro atoms. The van der Waals surface area contributed by atoms with Crippen molar-refractivity contribution >= 4 is 47.2 Å². The van der Waals surface area contributed by atoms with Crippen LogP contribution in [-0.2, 0) is 11.2 Å². The zero-order valence-corrected chi connectivity index (χ0v) is 17.0. The van der Waals surface area contributed by atoms with E-state index in [0.29, 0.717) is 12.3 Å². The second-order valence-corrected chi connectivity index (χ2v) is 6.64. The standard InChI is InChI=1S/C16H26N4OS.HI/c1-17-15(21)12-13-6-9-20(10-7-13)16(18-2)19-8-5-14-4-3-11-22-14;/h3-4,11,13H,5-10,12H2,1-2H3,(H,17,21)(H,18,19);1H. The Kier molecular flexibility index (Phi) is 9.54. The van der Waals surface area contributed by atoms with Crippen LogP contribution in [0.25, 0.3) is 0 Å². The first-order chi connectivity index (χ1) is 10.7. The molecule has 0 bridgehead atoms. The summed E-state index contributed by atoms with van der Waals surface area (Å²) in [6, 6.07) is 4.26. The summed E-state index contributed by atoms with van der Waals surface area (Å²) in [6.07, 6.45) is 3.79. The van der Waals surface area contributed by atoms with E-state index in [9.17, 15) is 4.79 Å². The number of likely N-dealkylation sites (tertiary alicyclic amines) is 1. The molecule has 1 aliphatic rings. The number of halogens is 1. The Labute approximate surface area is 160 Å². The van der Waals surface area contributed by atoms with Gasteiger partial charge in [0.1, 0.15) is 0 Å². The second kappa shape index (κ2) is 10.9. The molecule has 1 aliphatic heterocycles. The maximum atomic E-state index is 11.4. The largest absolute Gasteiger partial charge is 0.359 e. The number of nitrogens with one attached hydrogen (secondary N) is 2. The zero-order chi connectivity index (χ0) is 15.8. The van der Waals surface area contributed by atoms with Gasteiger partial charge in [0.2, 0.25) is 5.91 Å². The molecule has 5 nitrogen and oxygen atoms in total. The van der Waals surface area contributed by atoms with Gasteiger partial charge in [-0.2, -0.15) is 0 Å². The highest BCUT2D eigenvalue weighted by Crippen LogP contribution is 2.20. The summed E-state index contributed by atoms with van der Waals surface area (Å²) in [6.45, 7) is 2.85. The van der Waals surface area contributed by atoms with Gasteiger partial charge in [-0.05, 0) is 36.6 Å². The van der Waals surface area contributed by atoms with Gasteiger partial charge in [-0.3, -0.25) is 9.79 Å². The first-order valence-corrected chi connectivity index (χ1v) is 8.79. The van der Waals surface area contributed by atoms with Crippen LogP contribution in [-0.4, -0.2) is 50.5 Å². The predicted molar refractivity (Wildman–Crippen MR) is 108 cm³/mol. The fraction of sp³-hybridized carbons (Fsp3) is 0.625. The van der Waals surface area contributed by atoms with Crippen LogP contribution in [0.1, 0.15) is 24.1 Å². The zero-order valence-electron chi connectivity index (χ0n) is 13.9. The number of guanidine groups is 1. The third-order valence-corrected chi connectivity index (χ3v) is 5.05. The Morgan fingerprint density at radius 1 is 1.43 bits per heavy atom. The average molecular weight is 450 g/mol. The van der Waals surface area contributed by atoms with Crippen LogP contribution in [0.4, 0.5) is 0 Å². The van der Waals surface area contributed by atoms with Gasteiger partial charge in [0.25, 0.3) is 0 Å². The molecular formula is C16H27IN4OS. The molecule has 1 saturated heterocycles. The molecule has 0 radical (unpaired) electrons. The highest BCUT2D eigenvalue weighted by molar-refractivity contribution is 14.0. The van der Waals surface area contributed by atoms with E-state index in [-0.39, 0.29) is 29.9 Å². The number of carbonyl (C=O) groups is 1. The minimum atomic E-state index is 0. The lowest BCUT2D eigenvalue weighted by Gasteiger charge is -2.34. The Hall–Kier alpha value is -0.830. The van der Waals surface area contributed by atoms with Gasteiger partial charge >= 0.3 is 0 Å². The van der Waals surface area contributed by atoms with E-state index in [1.165, 1.54) is 4.88 Å². The molecule has 2 rings (SSSR count). The van der Waals surface area contributed by atoms with Crippen LogP contribution in [0.15, 0.2) is 22.5 Å². The van der Waals surface area contributed by atoms with Crippen molar-refractivity contribution in [3.05, 3.63) is 22.4 Å². The van der Waals surface area contributed by atoms with Crippen LogP contribution in [0.5, 0.6) is 0 Å². The molecule has 7 heteroatoms. The van der Waals surface area contributed by atoms with E-state index in [4.69, 9.17) is 0 Å². The number of amides is 1. The third kappa shape index (κ3) is 6.66. The van der Waals surface area contributed by atoms with Crippen molar-refractivity contribution in [1.29, 1.82) is 0 Å². The van der Waals surface area contributed by atoms with Crippen molar-refractivity contribution < 1.29 is 4.79 Å². The lowest BCUT2D eigenvalue weighted by atomic mass is 9.93. The topological polar surface area (TPSA) is 56.7 Å². The Balaban J connectivity index is 0.00000264. The van der Waals surface area contributed by atoms with Crippen LogP contribution in [0.2, 0.25) is 0 Å². The highest BCUT2D eigenvalue weighted by atomic mass is 127. The molecule has 0 unspecified atom stereocenters. The maximum Gasteiger partial charge on any atom is 0.220 e. The molecule has 1 fully saturated rings. The van der Waals surface area contributed by atoms with Crippen molar-refractivity contribution in [3.63, 3.8) is 0 Å². The average Bonchev–Trinajstić information content (AvgIpc) is 3.06. The highest BCUT2D eigenvalue weighted by Gasteiger charge is 2.22. The van der Waals surface area contributed by atoms with Crippen molar-refractivity contribution in [2.45, 2.75) is 25.7 Å². The van der Waals surface area contributed by atoms with Gasteiger partial charge in [0, 0.05) is 45.0 Å². The van der Waals surface area contributed by atoms with Crippen molar-refractivity contribution in [3.8, 4) is 0 Å². The SMILES string of the molecule is CN=C(NCCc1cccs1)N1CCC(CC(=O)NC)CC1.I. The number of hydrogen-bond acceptors (Lipinski definition) is 3. The van der Waals surface area contributed by atoms with Crippen LogP contribution in [0.3, 0.4) is 0 Å². The van der Waals surface area contributed by atoms with E-state index in [0.717, 1.165) is 44.9 Å². The van der Waals surface area contributed by atoms with Crippen molar-refractivity contribution in [2.24, 2.45) is 10.9 Å². The molecule has 2 N–H and O–H groups in total. The van der Waals surface area contributed by atoms with Gasteiger partial charge in [0.05, 0.1) is 0 Å². The Bertz CT molecular complexity index is 484. The fourth-order valence-electron chi connectivity index (χ4n) is 2.80. The van der Waals surface area contributed by atoms with Crippen molar-refractivity contribution in [2.75, 3.05) is 33.7 Å². The number of nitrogens with zero attached hydrogens (tertiary/aromatic N) is 2. The summed E-state index contributed by atoms with van der Waals surface area (Å²) in [5, 5.41) is 8.27. The minimum Gasteiger partial charge on any atom is -0.359 e. The number of hydrogen-bond donors (Lipinski definition) is 2. The molecule has 0 aliphatic carbocycles. The normalized spacial score (nSPS) is 15.9. The molecule has 130 valence electrons. The molecule has 2 heterocycles. The molecule has 0 saturated carbocycles. The summed E-state index contributed by atoms with van der Waals surface area (Å²) in [4.78, 5) is 19.5. The molecule has 0 aromatic carbocycles. The Morgan fingerprint density at radius 3 is 2.74 bits per heavy atom. The van der Waals surface area contributed by atoms with E-state index < -0.39 is 0 Å². The van der Waals surface area contributed by atoms with Gasteiger partial charge in [0.15, 0.2) is 5.96 Å². The lowest BCUT2D eigenvalue weighted by Crippen LogP contribution is -2.46. The first-order valence-electron chi connectivity index (χ1n) is 7.91. The molecule has 1 aromatic rings. The van der Waals surface area contributed by atoms with Crippen LogP contribution >= 0.6 is 35.3 Å². The third-order valence-electron chi connectivity index (χ3n) is 4.11. The number of piperidine rings is 1. The van der Waals surface area contributed by atoms with E-state index in [1.54, 1.807) is 18.4 Å². The monoisotopic (exact) mass is 450 g/mol. The smallest absolute Gasteiger partial charge is 0.220 e. The maximum absolute atomic E-state index is 11.4. The lowest BCUT2D eigenvalue weighted by molar-refractivity contribution is -0.121. The first kappa shape index (κ1) is 20.2. The summed E-state index contributed by atoms with van der Waals surface area (Å²) >= 11 is 1.79. The molecule has 1 amide bonds. The summed E-state index contributed by atoms with van der Waals surface area (Å²) < 4.78 is 0. The van der Waals surface area contributed by atoms with Gasteiger partial charge in [-0.15, -0.1) is 35.3 Å². The molecular weight excluding hydrogens is 423 g/mol. The predicted octanol–water partition coefficient (Wildman–Crippen LogP) is 2.33. The Morgan fingerprint density at radius 2 is 2.17 bits per heavy atom. The van der Waals surface area contributed by atoms with Crippen molar-refractivity contribution in [1.82, 2.24) is 15.5 Å². The van der Waals surface area contributed by atoms with E-state index in [1.807, 2.05) is 7.05 Å². The summed E-state index contributed by atoms with van der Waals surface area (Å²) in [5.41, 5.74) is 0. The molecule has 0 atom stereocenters.